The molecular formula is C36H24N2. The van der Waals surface area contributed by atoms with Crippen LogP contribution in [0.2, 0.25) is 0 Å². The molecule has 0 spiro atoms. The predicted octanol–water partition coefficient (Wildman–Crippen LogP) is 9.75. The molecule has 0 bridgehead atoms. The van der Waals surface area contributed by atoms with Crippen molar-refractivity contribution in [3.05, 3.63) is 139 Å². The van der Waals surface area contributed by atoms with Gasteiger partial charge in [0.05, 0.1) is 24.8 Å². The molecule has 1 N–H and O–H groups in total. The third-order valence-corrected chi connectivity index (χ3v) is 7.25. The SMILES string of the molecule is [2H]c1cc([2H])c2[nH]c3c(c([2H])c([2H])c4c5cc([2H])cc([2H])c5n(-c5cccc(-c6cccc(-c7ccccc7)c6)c5)c34)c2c1. The second-order valence-corrected chi connectivity index (χ2v) is 9.43. The topological polar surface area (TPSA) is 20.7 Å². The van der Waals surface area contributed by atoms with Gasteiger partial charge in [-0.15, -0.1) is 0 Å². The molecule has 2 aromatic heterocycles. The van der Waals surface area contributed by atoms with Crippen molar-refractivity contribution in [2.45, 2.75) is 0 Å². The first-order valence-corrected chi connectivity index (χ1v) is 12.5. The zero-order chi connectivity index (χ0) is 30.3. The van der Waals surface area contributed by atoms with E-state index in [0.29, 0.717) is 43.6 Å². The van der Waals surface area contributed by atoms with Crippen molar-refractivity contribution in [3.63, 3.8) is 0 Å². The van der Waals surface area contributed by atoms with Crippen LogP contribution in [0.5, 0.6) is 0 Å². The van der Waals surface area contributed by atoms with Gasteiger partial charge in [0.1, 0.15) is 0 Å². The highest BCUT2D eigenvalue weighted by atomic mass is 15.0. The Kier molecular flexibility index (Phi) is 3.44. The number of para-hydroxylation sites is 2. The normalized spacial score (nSPS) is 13.9. The number of rotatable bonds is 3. The molecule has 2 heteroatoms. The first kappa shape index (κ1) is 15.9. The highest BCUT2D eigenvalue weighted by Crippen LogP contribution is 2.39. The number of fused-ring (bicyclic) bond motifs is 7. The molecule has 178 valence electrons. The maximum Gasteiger partial charge on any atom is 0.0783 e. The molecule has 8 aromatic rings. The second-order valence-electron chi connectivity index (χ2n) is 9.43. The number of hydrogen-bond acceptors (Lipinski definition) is 0. The maximum atomic E-state index is 9.14. The molecule has 2 heterocycles. The molecular weight excluding hydrogens is 460 g/mol. The summed E-state index contributed by atoms with van der Waals surface area (Å²) in [5.41, 5.74) is 7.19. The molecule has 2 nitrogen and oxygen atoms in total. The Labute approximate surface area is 228 Å². The standard InChI is InChI=1S/C36H24N2/c1-2-10-24(11-3-1)25-12-8-13-26(22-25)27-14-9-15-28(23-27)38-34-19-7-5-17-30(34)32-21-20-31-29-16-4-6-18-33(29)37-35(31)36(32)38/h1-23,37H/i4D,5D,18D,19D,20D,21D. The van der Waals surface area contributed by atoms with Gasteiger partial charge in [-0.2, -0.15) is 0 Å². The Bertz CT molecular complexity index is 2460. The molecule has 0 aliphatic heterocycles. The molecule has 0 saturated heterocycles. The van der Waals surface area contributed by atoms with Crippen molar-refractivity contribution in [2.24, 2.45) is 0 Å². The fraction of sp³-hybridized carbons (Fsp3) is 0. The summed E-state index contributed by atoms with van der Waals surface area (Å²) in [7, 11) is 0. The third kappa shape index (κ3) is 3.14. The summed E-state index contributed by atoms with van der Waals surface area (Å²) in [4.78, 5) is 3.36. The van der Waals surface area contributed by atoms with Crippen LogP contribution in [0.3, 0.4) is 0 Å². The Balaban J connectivity index is 1.48. The number of aromatic nitrogens is 2. The van der Waals surface area contributed by atoms with Crippen LogP contribution in [-0.2, 0) is 0 Å². The maximum absolute atomic E-state index is 9.14. The first-order chi connectivity index (χ1) is 21.3. The smallest absolute Gasteiger partial charge is 0.0783 e. The van der Waals surface area contributed by atoms with Gasteiger partial charge >= 0.3 is 0 Å². The van der Waals surface area contributed by atoms with E-state index >= 15 is 0 Å². The lowest BCUT2D eigenvalue weighted by Gasteiger charge is -2.12. The molecule has 0 aliphatic carbocycles. The number of hydrogen-bond donors (Lipinski definition) is 1. The van der Waals surface area contributed by atoms with E-state index in [0.717, 1.165) is 27.9 Å². The minimum Gasteiger partial charge on any atom is -0.353 e. The second kappa shape index (κ2) is 8.22. The Morgan fingerprint density at radius 1 is 0.526 bits per heavy atom. The minimum atomic E-state index is -0.0178. The number of nitrogens with one attached hydrogen (secondary N) is 1. The van der Waals surface area contributed by atoms with Crippen molar-refractivity contribution in [1.82, 2.24) is 9.55 Å². The van der Waals surface area contributed by atoms with Gasteiger partial charge in [0.25, 0.3) is 0 Å². The Hall–Kier alpha value is -5.08. The average Bonchev–Trinajstić information content (AvgIpc) is 3.57. The van der Waals surface area contributed by atoms with Gasteiger partial charge in [-0.1, -0.05) is 109 Å². The summed E-state index contributed by atoms with van der Waals surface area (Å²) in [6.45, 7) is 0. The molecule has 38 heavy (non-hydrogen) atoms. The van der Waals surface area contributed by atoms with E-state index in [9.17, 15) is 0 Å². The Morgan fingerprint density at radius 2 is 1.21 bits per heavy atom. The molecule has 0 aliphatic rings. The van der Waals surface area contributed by atoms with Crippen LogP contribution in [-0.4, -0.2) is 9.55 Å². The van der Waals surface area contributed by atoms with Crippen molar-refractivity contribution >= 4 is 43.6 Å². The van der Waals surface area contributed by atoms with E-state index in [1.807, 2.05) is 47.0 Å². The molecule has 6 aromatic carbocycles. The summed E-state index contributed by atoms with van der Waals surface area (Å²) >= 11 is 0. The molecule has 0 saturated carbocycles. The van der Waals surface area contributed by atoms with Gasteiger partial charge in [-0.3, -0.25) is 0 Å². The first-order valence-electron chi connectivity index (χ1n) is 15.5. The van der Waals surface area contributed by atoms with Crippen LogP contribution in [0.25, 0.3) is 71.6 Å². The average molecular weight is 491 g/mol. The number of nitrogens with zero attached hydrogens (tertiary/aromatic N) is 1. The van der Waals surface area contributed by atoms with E-state index in [1.54, 1.807) is 12.1 Å². The van der Waals surface area contributed by atoms with Crippen LogP contribution in [0.4, 0.5) is 0 Å². The highest BCUT2D eigenvalue weighted by Gasteiger charge is 2.17. The van der Waals surface area contributed by atoms with Gasteiger partial charge < -0.3 is 9.55 Å². The number of H-pyrrole nitrogens is 1. The largest absolute Gasteiger partial charge is 0.353 e. The fourth-order valence-electron chi connectivity index (χ4n) is 5.51. The molecule has 0 atom stereocenters. The fourth-order valence-corrected chi connectivity index (χ4v) is 5.51. The summed E-state index contributed by atoms with van der Waals surface area (Å²) in [6, 6.07) is 33.4. The van der Waals surface area contributed by atoms with E-state index in [4.69, 9.17) is 8.22 Å². The van der Waals surface area contributed by atoms with E-state index in [2.05, 4.69) is 41.4 Å². The van der Waals surface area contributed by atoms with Gasteiger partial charge in [0.15, 0.2) is 0 Å². The minimum absolute atomic E-state index is 0.0174. The van der Waals surface area contributed by atoms with Gasteiger partial charge in [-0.25, -0.2) is 0 Å². The molecule has 0 radical (unpaired) electrons. The molecule has 0 unspecified atom stereocenters. The Morgan fingerprint density at radius 3 is 2.08 bits per heavy atom. The van der Waals surface area contributed by atoms with Crippen LogP contribution in [0.1, 0.15) is 8.22 Å². The zero-order valence-corrected chi connectivity index (χ0v) is 20.3. The summed E-state index contributed by atoms with van der Waals surface area (Å²) < 4.78 is 54.2. The van der Waals surface area contributed by atoms with Crippen LogP contribution in [0.15, 0.2) is 139 Å². The van der Waals surface area contributed by atoms with Crippen molar-refractivity contribution in [3.8, 4) is 27.9 Å². The van der Waals surface area contributed by atoms with Crippen LogP contribution in [0, 0.1) is 0 Å². The third-order valence-electron chi connectivity index (χ3n) is 7.25. The van der Waals surface area contributed by atoms with Gasteiger partial charge in [-0.05, 0) is 52.5 Å². The van der Waals surface area contributed by atoms with E-state index in [1.165, 1.54) is 12.1 Å². The summed E-state index contributed by atoms with van der Waals surface area (Å²) in [5.74, 6) is 0. The zero-order valence-electron chi connectivity index (χ0n) is 26.3. The van der Waals surface area contributed by atoms with Gasteiger partial charge in [0, 0.05) is 32.7 Å². The lowest BCUT2D eigenvalue weighted by atomic mass is 9.99. The summed E-state index contributed by atoms with van der Waals surface area (Å²) in [5, 5.41) is 2.04. The highest BCUT2D eigenvalue weighted by molar-refractivity contribution is 6.22. The van der Waals surface area contributed by atoms with Crippen molar-refractivity contribution in [1.29, 1.82) is 0 Å². The monoisotopic (exact) mass is 490 g/mol. The molecule has 0 amide bonds. The summed E-state index contributed by atoms with van der Waals surface area (Å²) in [6.07, 6.45) is 0. The van der Waals surface area contributed by atoms with Crippen molar-refractivity contribution < 1.29 is 8.22 Å². The number of aromatic amines is 1. The van der Waals surface area contributed by atoms with Gasteiger partial charge in [0.2, 0.25) is 0 Å². The van der Waals surface area contributed by atoms with Crippen molar-refractivity contribution in [2.75, 3.05) is 0 Å². The predicted molar refractivity (Wildman–Crippen MR) is 161 cm³/mol. The van der Waals surface area contributed by atoms with Crippen LogP contribution < -0.4 is 0 Å². The lowest BCUT2D eigenvalue weighted by molar-refractivity contribution is 1.18. The molecule has 8 rings (SSSR count). The molecule has 0 fully saturated rings. The quantitative estimate of drug-likeness (QED) is 0.254. The van der Waals surface area contributed by atoms with E-state index in [-0.39, 0.29) is 36.3 Å². The van der Waals surface area contributed by atoms with Crippen LogP contribution >= 0.6 is 0 Å². The number of benzene rings is 6. The van der Waals surface area contributed by atoms with E-state index < -0.39 is 0 Å². The lowest BCUT2D eigenvalue weighted by Crippen LogP contribution is -1.95.